The Morgan fingerprint density at radius 1 is 1.25 bits per heavy atom. The van der Waals surface area contributed by atoms with E-state index in [-0.39, 0.29) is 17.0 Å². The molecule has 2 bridgehead atoms. The zero-order valence-electron chi connectivity index (χ0n) is 10.6. The summed E-state index contributed by atoms with van der Waals surface area (Å²) < 4.78 is 38.0. The second-order valence-electron chi connectivity index (χ2n) is 5.29. The van der Waals surface area contributed by atoms with Crippen molar-refractivity contribution in [3.8, 4) is 0 Å². The lowest BCUT2D eigenvalue weighted by Crippen LogP contribution is -2.53. The molecule has 0 aliphatic carbocycles. The second-order valence-corrected chi connectivity index (χ2v) is 5.67. The van der Waals surface area contributed by atoms with Crippen LogP contribution in [0.4, 0.5) is 19.0 Å². The topological polar surface area (TPSA) is 41.1 Å². The Hall–Kier alpha value is -1.08. The van der Waals surface area contributed by atoms with Gasteiger partial charge >= 0.3 is 6.18 Å². The molecule has 110 valence electrons. The van der Waals surface area contributed by atoms with Crippen LogP contribution in [-0.4, -0.2) is 40.5 Å². The molecule has 20 heavy (non-hydrogen) atoms. The Morgan fingerprint density at radius 2 is 1.95 bits per heavy atom. The summed E-state index contributed by atoms with van der Waals surface area (Å²) in [5.41, 5.74) is 0. The normalized spacial score (nSPS) is 29.5. The third kappa shape index (κ3) is 2.83. The molecule has 0 amide bonds. The first-order valence-corrected chi connectivity index (χ1v) is 6.90. The van der Waals surface area contributed by atoms with Crippen molar-refractivity contribution in [3.63, 3.8) is 0 Å². The molecule has 4 heterocycles. The van der Waals surface area contributed by atoms with Gasteiger partial charge in [-0.05, 0) is 31.8 Å². The van der Waals surface area contributed by atoms with Crippen molar-refractivity contribution in [2.75, 3.05) is 25.0 Å². The fourth-order valence-electron chi connectivity index (χ4n) is 2.94. The SMILES string of the molecule is FC(F)(F)c1nc(Cl)cc(NC2CN3CCC2CC3)n1. The lowest BCUT2D eigenvalue weighted by molar-refractivity contribution is -0.144. The molecular weight excluding hydrogens is 293 g/mol. The molecule has 0 saturated carbocycles. The Morgan fingerprint density at radius 3 is 2.50 bits per heavy atom. The first-order chi connectivity index (χ1) is 9.41. The summed E-state index contributed by atoms with van der Waals surface area (Å²) >= 11 is 5.65. The van der Waals surface area contributed by atoms with E-state index in [1.807, 2.05) is 0 Å². The number of hydrogen-bond acceptors (Lipinski definition) is 4. The Labute approximate surface area is 119 Å². The van der Waals surface area contributed by atoms with E-state index in [4.69, 9.17) is 11.6 Å². The number of hydrogen-bond donors (Lipinski definition) is 1. The van der Waals surface area contributed by atoms with E-state index in [0.29, 0.717) is 5.92 Å². The number of anilines is 1. The summed E-state index contributed by atoms with van der Waals surface area (Å²) in [5, 5.41) is 2.89. The summed E-state index contributed by atoms with van der Waals surface area (Å²) in [6.45, 7) is 2.98. The van der Waals surface area contributed by atoms with Crippen LogP contribution >= 0.6 is 11.6 Å². The van der Waals surface area contributed by atoms with Crippen LogP contribution in [0.3, 0.4) is 0 Å². The number of piperidine rings is 3. The van der Waals surface area contributed by atoms with Crippen molar-refractivity contribution < 1.29 is 13.2 Å². The van der Waals surface area contributed by atoms with Gasteiger partial charge < -0.3 is 10.2 Å². The molecule has 1 aromatic rings. The number of alkyl halides is 3. The van der Waals surface area contributed by atoms with Gasteiger partial charge in [0.1, 0.15) is 11.0 Å². The zero-order valence-corrected chi connectivity index (χ0v) is 11.4. The highest BCUT2D eigenvalue weighted by atomic mass is 35.5. The smallest absolute Gasteiger partial charge is 0.366 e. The third-order valence-electron chi connectivity index (χ3n) is 3.94. The first kappa shape index (κ1) is 13.9. The highest BCUT2D eigenvalue weighted by molar-refractivity contribution is 6.29. The summed E-state index contributed by atoms with van der Waals surface area (Å²) in [6.07, 6.45) is -2.44. The van der Waals surface area contributed by atoms with Gasteiger partial charge in [-0.2, -0.15) is 13.2 Å². The number of nitrogens with one attached hydrogen (secondary N) is 1. The molecular formula is C12H14ClF3N4. The van der Waals surface area contributed by atoms with E-state index in [9.17, 15) is 13.2 Å². The van der Waals surface area contributed by atoms with Crippen LogP contribution in [0.2, 0.25) is 5.15 Å². The Bertz CT molecular complexity index is 500. The molecule has 0 radical (unpaired) electrons. The minimum Gasteiger partial charge on any atom is -0.366 e. The van der Waals surface area contributed by atoms with Crippen molar-refractivity contribution >= 4 is 17.4 Å². The van der Waals surface area contributed by atoms with Crippen molar-refractivity contribution in [3.05, 3.63) is 17.0 Å². The van der Waals surface area contributed by atoms with Crippen LogP contribution in [0.5, 0.6) is 0 Å². The average Bonchev–Trinajstić information content (AvgIpc) is 2.38. The van der Waals surface area contributed by atoms with E-state index >= 15 is 0 Å². The minimum atomic E-state index is -4.59. The van der Waals surface area contributed by atoms with Crippen LogP contribution in [-0.2, 0) is 6.18 Å². The van der Waals surface area contributed by atoms with Gasteiger partial charge in [0.15, 0.2) is 0 Å². The van der Waals surface area contributed by atoms with Crippen molar-refractivity contribution in [2.45, 2.75) is 25.1 Å². The monoisotopic (exact) mass is 306 g/mol. The second kappa shape index (κ2) is 5.04. The van der Waals surface area contributed by atoms with E-state index in [0.717, 1.165) is 32.5 Å². The molecule has 3 saturated heterocycles. The summed E-state index contributed by atoms with van der Waals surface area (Å²) in [6, 6.07) is 1.47. The molecule has 1 unspecified atom stereocenters. The highest BCUT2D eigenvalue weighted by Crippen LogP contribution is 2.31. The number of fused-ring (bicyclic) bond motifs is 3. The Balaban J connectivity index is 1.79. The van der Waals surface area contributed by atoms with E-state index in [1.165, 1.54) is 6.07 Å². The predicted octanol–water partition coefficient (Wildman–Crippen LogP) is 2.65. The zero-order chi connectivity index (χ0) is 14.3. The van der Waals surface area contributed by atoms with Gasteiger partial charge in [-0.15, -0.1) is 0 Å². The molecule has 4 nitrogen and oxygen atoms in total. The molecule has 1 aromatic heterocycles. The van der Waals surface area contributed by atoms with Gasteiger partial charge in [0.25, 0.3) is 0 Å². The van der Waals surface area contributed by atoms with Gasteiger partial charge in [0, 0.05) is 18.7 Å². The van der Waals surface area contributed by atoms with Crippen molar-refractivity contribution in [1.82, 2.24) is 14.9 Å². The maximum Gasteiger partial charge on any atom is 0.451 e. The third-order valence-corrected chi connectivity index (χ3v) is 4.13. The van der Waals surface area contributed by atoms with Crippen LogP contribution < -0.4 is 5.32 Å². The summed E-state index contributed by atoms with van der Waals surface area (Å²) in [5.74, 6) is -0.562. The van der Waals surface area contributed by atoms with E-state index in [1.54, 1.807) is 0 Å². The maximum atomic E-state index is 12.7. The van der Waals surface area contributed by atoms with E-state index < -0.39 is 12.0 Å². The lowest BCUT2D eigenvalue weighted by Gasteiger charge is -2.45. The summed E-state index contributed by atoms with van der Waals surface area (Å²) in [7, 11) is 0. The summed E-state index contributed by atoms with van der Waals surface area (Å²) in [4.78, 5) is 9.07. The number of nitrogens with zero attached hydrogens (tertiary/aromatic N) is 3. The Kier molecular flexibility index (Phi) is 3.50. The molecule has 3 aliphatic heterocycles. The van der Waals surface area contributed by atoms with E-state index in [2.05, 4.69) is 20.2 Å². The van der Waals surface area contributed by atoms with Crippen LogP contribution in [0.25, 0.3) is 0 Å². The molecule has 1 atom stereocenters. The number of halogens is 4. The van der Waals surface area contributed by atoms with Crippen LogP contribution in [0.1, 0.15) is 18.7 Å². The molecule has 1 N–H and O–H groups in total. The first-order valence-electron chi connectivity index (χ1n) is 6.52. The van der Waals surface area contributed by atoms with Crippen LogP contribution in [0.15, 0.2) is 6.07 Å². The predicted molar refractivity (Wildman–Crippen MR) is 68.6 cm³/mol. The van der Waals surface area contributed by atoms with Crippen molar-refractivity contribution in [2.24, 2.45) is 5.92 Å². The molecule has 8 heteroatoms. The van der Waals surface area contributed by atoms with Gasteiger partial charge in [0.2, 0.25) is 5.82 Å². The largest absolute Gasteiger partial charge is 0.451 e. The van der Waals surface area contributed by atoms with Gasteiger partial charge in [-0.3, -0.25) is 0 Å². The fraction of sp³-hybridized carbons (Fsp3) is 0.667. The molecule has 0 spiro atoms. The number of rotatable bonds is 2. The van der Waals surface area contributed by atoms with Gasteiger partial charge in [-0.25, -0.2) is 9.97 Å². The minimum absolute atomic E-state index is 0.129. The molecule has 3 fully saturated rings. The molecule has 3 aliphatic rings. The molecule has 0 aromatic carbocycles. The van der Waals surface area contributed by atoms with Gasteiger partial charge in [0.05, 0.1) is 0 Å². The molecule has 4 rings (SSSR count). The van der Waals surface area contributed by atoms with Crippen LogP contribution in [0, 0.1) is 5.92 Å². The number of aromatic nitrogens is 2. The maximum absolute atomic E-state index is 12.7. The van der Waals surface area contributed by atoms with Crippen molar-refractivity contribution in [1.29, 1.82) is 0 Å². The van der Waals surface area contributed by atoms with Gasteiger partial charge in [-0.1, -0.05) is 11.6 Å². The lowest BCUT2D eigenvalue weighted by atomic mass is 9.84. The average molecular weight is 307 g/mol. The highest BCUT2D eigenvalue weighted by Gasteiger charge is 2.37. The standard InChI is InChI=1S/C12H14ClF3N4/c13-9-5-10(19-11(18-9)12(14,15)16)17-8-6-20-3-1-7(8)2-4-20/h5,7-8H,1-4,6H2,(H,17,18,19). The fourth-order valence-corrected chi connectivity index (χ4v) is 3.12. The quantitative estimate of drug-likeness (QED) is 0.853.